The van der Waals surface area contributed by atoms with Crippen molar-refractivity contribution in [3.05, 3.63) is 45.0 Å². The van der Waals surface area contributed by atoms with E-state index in [1.165, 1.54) is 11.3 Å². The van der Waals surface area contributed by atoms with Crippen molar-refractivity contribution in [1.82, 2.24) is 10.2 Å². The summed E-state index contributed by atoms with van der Waals surface area (Å²) in [5.74, 6) is 1.52. The molecule has 0 saturated carbocycles. The van der Waals surface area contributed by atoms with Gasteiger partial charge in [-0.05, 0) is 31.2 Å². The molecule has 0 aliphatic carbocycles. The summed E-state index contributed by atoms with van der Waals surface area (Å²) in [5, 5.41) is 7.07. The summed E-state index contributed by atoms with van der Waals surface area (Å²) in [6.07, 6.45) is -0.190. The lowest BCUT2D eigenvalue weighted by atomic mass is 10.1. The molecule has 2 aliphatic heterocycles. The second-order valence-electron chi connectivity index (χ2n) is 6.80. The number of hydrogen-bond donors (Lipinski definition) is 1. The fourth-order valence-corrected chi connectivity index (χ4v) is 4.41. The van der Waals surface area contributed by atoms with Gasteiger partial charge in [-0.15, -0.1) is 11.3 Å². The Morgan fingerprint density at radius 2 is 2.18 bits per heavy atom. The average Bonchev–Trinajstić information content (AvgIpc) is 3.44. The minimum atomic E-state index is -0.625. The van der Waals surface area contributed by atoms with Crippen molar-refractivity contribution in [2.24, 2.45) is 5.16 Å². The highest BCUT2D eigenvalue weighted by Crippen LogP contribution is 2.27. The molecule has 1 N–H and O–H groups in total. The predicted octanol–water partition coefficient (Wildman–Crippen LogP) is 2.99. The molecule has 2 atom stereocenters. The predicted molar refractivity (Wildman–Crippen MR) is 107 cm³/mol. The monoisotopic (exact) mass is 423 g/mol. The number of halogens is 1. The molecule has 2 aromatic rings. The molecule has 0 spiro atoms. The van der Waals surface area contributed by atoms with E-state index in [1.54, 1.807) is 0 Å². The first kappa shape index (κ1) is 19.4. The number of nitrogens with zero attached hydrogens (tertiary/aromatic N) is 2. The van der Waals surface area contributed by atoms with Crippen molar-refractivity contribution in [2.45, 2.75) is 25.5 Å². The van der Waals surface area contributed by atoms with Crippen molar-refractivity contribution < 1.29 is 18.8 Å². The van der Waals surface area contributed by atoms with Gasteiger partial charge in [-0.3, -0.25) is 9.69 Å². The van der Waals surface area contributed by atoms with E-state index in [0.717, 1.165) is 35.2 Å². The number of ether oxygens (including phenoxy) is 1. The van der Waals surface area contributed by atoms with Crippen LogP contribution in [-0.4, -0.2) is 55.5 Å². The molecule has 2 aromatic heterocycles. The second kappa shape index (κ2) is 8.65. The highest BCUT2D eigenvalue weighted by atomic mass is 35.5. The molecule has 1 amide bonds. The van der Waals surface area contributed by atoms with Crippen LogP contribution in [0.15, 0.2) is 33.8 Å². The normalized spacial score (nSPS) is 21.2. The molecular weight excluding hydrogens is 402 g/mol. The number of carbonyl (C=O) groups is 1. The van der Waals surface area contributed by atoms with Crippen LogP contribution >= 0.6 is 22.9 Å². The van der Waals surface area contributed by atoms with Gasteiger partial charge in [0.2, 0.25) is 6.10 Å². The summed E-state index contributed by atoms with van der Waals surface area (Å²) in [4.78, 5) is 21.2. The first-order valence-corrected chi connectivity index (χ1v) is 10.4. The van der Waals surface area contributed by atoms with Crippen molar-refractivity contribution in [1.29, 1.82) is 0 Å². The molecule has 7 nitrogen and oxygen atoms in total. The maximum atomic E-state index is 12.6. The van der Waals surface area contributed by atoms with Crippen LogP contribution in [0, 0.1) is 6.92 Å². The molecule has 9 heteroatoms. The Morgan fingerprint density at radius 1 is 1.36 bits per heavy atom. The molecular formula is C19H22ClN3O4S. The maximum Gasteiger partial charge on any atom is 0.264 e. The standard InChI is InChI=1S/C19H22ClN3O4S/c1-12-2-3-15(26-12)14(23-6-8-25-9-7-23)11-21-19(24)16-10-13(22-27-16)17-4-5-18(20)28-17/h2-5,14,16H,6-11H2,1H3,(H,21,24). The summed E-state index contributed by atoms with van der Waals surface area (Å²) in [6.45, 7) is 5.30. The minimum Gasteiger partial charge on any atom is -0.465 e. The van der Waals surface area contributed by atoms with E-state index in [1.807, 2.05) is 31.2 Å². The summed E-state index contributed by atoms with van der Waals surface area (Å²) < 4.78 is 12.0. The molecule has 4 heterocycles. The molecule has 1 saturated heterocycles. The Labute approximate surface area is 172 Å². The zero-order valence-corrected chi connectivity index (χ0v) is 17.1. The molecule has 2 aliphatic rings. The largest absolute Gasteiger partial charge is 0.465 e. The van der Waals surface area contributed by atoms with Crippen LogP contribution in [0.25, 0.3) is 0 Å². The number of rotatable bonds is 6. The average molecular weight is 424 g/mol. The van der Waals surface area contributed by atoms with Gasteiger partial charge >= 0.3 is 0 Å². The molecule has 2 unspecified atom stereocenters. The summed E-state index contributed by atoms with van der Waals surface area (Å²) in [7, 11) is 0. The van der Waals surface area contributed by atoms with E-state index in [-0.39, 0.29) is 11.9 Å². The first-order chi connectivity index (χ1) is 13.6. The van der Waals surface area contributed by atoms with Gasteiger partial charge in [0.05, 0.1) is 28.5 Å². The lowest BCUT2D eigenvalue weighted by Gasteiger charge is -2.33. The zero-order valence-electron chi connectivity index (χ0n) is 15.5. The van der Waals surface area contributed by atoms with Crippen molar-refractivity contribution in [3.8, 4) is 0 Å². The first-order valence-electron chi connectivity index (χ1n) is 9.24. The quantitative estimate of drug-likeness (QED) is 0.772. The Kier molecular flexibility index (Phi) is 6.01. The Hall–Kier alpha value is -1.87. The van der Waals surface area contributed by atoms with E-state index in [4.69, 9.17) is 25.6 Å². The number of morpholine rings is 1. The van der Waals surface area contributed by atoms with Crippen molar-refractivity contribution in [3.63, 3.8) is 0 Å². The third-order valence-corrected chi connectivity index (χ3v) is 6.14. The molecule has 28 heavy (non-hydrogen) atoms. The summed E-state index contributed by atoms with van der Waals surface area (Å²) in [5.41, 5.74) is 0.753. The Bertz CT molecular complexity index is 859. The topological polar surface area (TPSA) is 76.3 Å². The lowest BCUT2D eigenvalue weighted by molar-refractivity contribution is -0.131. The van der Waals surface area contributed by atoms with Crippen molar-refractivity contribution in [2.75, 3.05) is 32.8 Å². The van der Waals surface area contributed by atoms with Gasteiger partial charge in [-0.2, -0.15) is 0 Å². The van der Waals surface area contributed by atoms with Crippen LogP contribution in [-0.2, 0) is 14.4 Å². The molecule has 0 aromatic carbocycles. The van der Waals surface area contributed by atoms with Crippen molar-refractivity contribution >= 4 is 34.6 Å². The maximum absolute atomic E-state index is 12.6. The number of nitrogens with one attached hydrogen (secondary N) is 1. The third kappa shape index (κ3) is 4.41. The lowest BCUT2D eigenvalue weighted by Crippen LogP contribution is -2.45. The number of aryl methyl sites for hydroxylation is 1. The van der Waals surface area contributed by atoms with Crippen LogP contribution < -0.4 is 5.32 Å². The third-order valence-electron chi connectivity index (χ3n) is 4.86. The highest BCUT2D eigenvalue weighted by Gasteiger charge is 2.31. The molecule has 0 radical (unpaired) electrons. The van der Waals surface area contributed by atoms with E-state index in [9.17, 15) is 4.79 Å². The number of oxime groups is 1. The van der Waals surface area contributed by atoms with Gasteiger partial charge in [-0.25, -0.2) is 0 Å². The fraction of sp³-hybridized carbons (Fsp3) is 0.474. The number of thiophene rings is 1. The van der Waals surface area contributed by atoms with Gasteiger partial charge < -0.3 is 19.3 Å². The van der Waals surface area contributed by atoms with Gasteiger partial charge in [0.25, 0.3) is 5.91 Å². The minimum absolute atomic E-state index is 0.0422. The van der Waals surface area contributed by atoms with E-state index in [2.05, 4.69) is 15.4 Å². The van der Waals surface area contributed by atoms with E-state index in [0.29, 0.717) is 30.5 Å². The summed E-state index contributed by atoms with van der Waals surface area (Å²) >= 11 is 7.40. The molecule has 1 fully saturated rings. The van der Waals surface area contributed by atoms with E-state index < -0.39 is 6.10 Å². The Morgan fingerprint density at radius 3 is 2.86 bits per heavy atom. The molecule has 150 valence electrons. The van der Waals surface area contributed by atoms with Crippen LogP contribution in [0.5, 0.6) is 0 Å². The number of carbonyl (C=O) groups excluding carboxylic acids is 1. The van der Waals surface area contributed by atoms with E-state index >= 15 is 0 Å². The van der Waals surface area contributed by atoms with Gasteiger partial charge in [-0.1, -0.05) is 16.8 Å². The summed E-state index contributed by atoms with van der Waals surface area (Å²) in [6, 6.07) is 7.57. The Balaban J connectivity index is 1.36. The highest BCUT2D eigenvalue weighted by molar-refractivity contribution is 7.18. The van der Waals surface area contributed by atoms with Gasteiger partial charge in [0.15, 0.2) is 0 Å². The van der Waals surface area contributed by atoms with Gasteiger partial charge in [0, 0.05) is 26.1 Å². The molecule has 4 rings (SSSR count). The van der Waals surface area contributed by atoms with Crippen LogP contribution in [0.1, 0.15) is 28.9 Å². The smallest absolute Gasteiger partial charge is 0.264 e. The second-order valence-corrected chi connectivity index (χ2v) is 8.51. The van der Waals surface area contributed by atoms with Gasteiger partial charge in [0.1, 0.15) is 17.2 Å². The van der Waals surface area contributed by atoms with Crippen LogP contribution in [0.4, 0.5) is 0 Å². The number of hydrogen-bond acceptors (Lipinski definition) is 7. The zero-order chi connectivity index (χ0) is 19.5. The molecule has 0 bridgehead atoms. The fourth-order valence-electron chi connectivity index (χ4n) is 3.38. The number of furan rings is 1. The van der Waals surface area contributed by atoms with Crippen LogP contribution in [0.2, 0.25) is 4.34 Å². The SMILES string of the molecule is Cc1ccc(C(CNC(=O)C2CC(c3ccc(Cl)s3)=NO2)N2CCOCC2)o1. The number of amides is 1. The van der Waals surface area contributed by atoms with Crippen LogP contribution in [0.3, 0.4) is 0 Å².